The highest BCUT2D eigenvalue weighted by atomic mass is 16.4. The first-order valence-corrected chi connectivity index (χ1v) is 6.79. The number of rotatable bonds is 5. The molecular formula is C15H18N4O2. The fraction of sp³-hybridized carbons (Fsp3) is 0.267. The van der Waals surface area contributed by atoms with Gasteiger partial charge in [0.15, 0.2) is 5.84 Å². The standard InChI is InChI=1S/C15H18N4O2/c1-2-5-12(14(16)19-21)18-15(20)11-8-3-6-10-7-4-9-17-13(10)11/h3-4,6-9,12,21H,2,5H2,1H3,(H2,16,19)(H,18,20). The summed E-state index contributed by atoms with van der Waals surface area (Å²) in [5, 5.41) is 15.4. The molecule has 6 heteroatoms. The summed E-state index contributed by atoms with van der Waals surface area (Å²) in [7, 11) is 0. The number of hydrogen-bond acceptors (Lipinski definition) is 4. The molecule has 6 nitrogen and oxygen atoms in total. The number of benzene rings is 1. The van der Waals surface area contributed by atoms with Gasteiger partial charge in [-0.05, 0) is 18.6 Å². The Balaban J connectivity index is 2.29. The highest BCUT2D eigenvalue weighted by molar-refractivity contribution is 6.06. The highest BCUT2D eigenvalue weighted by Crippen LogP contribution is 2.16. The van der Waals surface area contributed by atoms with E-state index >= 15 is 0 Å². The number of fused-ring (bicyclic) bond motifs is 1. The van der Waals surface area contributed by atoms with Crippen molar-refractivity contribution in [3.8, 4) is 0 Å². The van der Waals surface area contributed by atoms with E-state index < -0.39 is 6.04 Å². The van der Waals surface area contributed by atoms with E-state index in [2.05, 4.69) is 15.5 Å². The molecule has 1 unspecified atom stereocenters. The molecule has 1 aromatic heterocycles. The maximum Gasteiger partial charge on any atom is 0.254 e. The molecule has 0 saturated carbocycles. The van der Waals surface area contributed by atoms with Gasteiger partial charge in [-0.25, -0.2) is 0 Å². The van der Waals surface area contributed by atoms with Gasteiger partial charge in [-0.15, -0.1) is 0 Å². The van der Waals surface area contributed by atoms with Crippen LogP contribution in [0.2, 0.25) is 0 Å². The largest absolute Gasteiger partial charge is 0.409 e. The van der Waals surface area contributed by atoms with Crippen LogP contribution in [0.25, 0.3) is 10.9 Å². The molecule has 110 valence electrons. The van der Waals surface area contributed by atoms with Gasteiger partial charge in [0.1, 0.15) is 0 Å². The number of nitrogens with zero attached hydrogens (tertiary/aromatic N) is 2. The van der Waals surface area contributed by atoms with Crippen LogP contribution in [0.5, 0.6) is 0 Å². The van der Waals surface area contributed by atoms with Crippen LogP contribution in [0.3, 0.4) is 0 Å². The predicted octanol–water partition coefficient (Wildman–Crippen LogP) is 1.88. The Hall–Kier alpha value is -2.63. The summed E-state index contributed by atoms with van der Waals surface area (Å²) in [6.07, 6.45) is 3.04. The topological polar surface area (TPSA) is 101 Å². The number of amides is 1. The lowest BCUT2D eigenvalue weighted by molar-refractivity contribution is 0.0946. The van der Waals surface area contributed by atoms with Crippen molar-refractivity contribution < 1.29 is 10.0 Å². The van der Waals surface area contributed by atoms with Crippen molar-refractivity contribution in [1.29, 1.82) is 0 Å². The zero-order chi connectivity index (χ0) is 15.2. The Morgan fingerprint density at radius 1 is 1.43 bits per heavy atom. The Kier molecular flexibility index (Phi) is 4.71. The van der Waals surface area contributed by atoms with Crippen molar-refractivity contribution >= 4 is 22.6 Å². The first kappa shape index (κ1) is 14.8. The maximum atomic E-state index is 12.4. The van der Waals surface area contributed by atoms with Crippen LogP contribution in [0.15, 0.2) is 41.7 Å². The third-order valence-electron chi connectivity index (χ3n) is 3.23. The van der Waals surface area contributed by atoms with Gasteiger partial charge in [0.25, 0.3) is 5.91 Å². The minimum Gasteiger partial charge on any atom is -0.409 e. The second-order valence-corrected chi connectivity index (χ2v) is 4.72. The number of pyridine rings is 1. The van der Waals surface area contributed by atoms with Crippen LogP contribution in [0.1, 0.15) is 30.1 Å². The van der Waals surface area contributed by atoms with Gasteiger partial charge in [0.05, 0.1) is 17.1 Å². The summed E-state index contributed by atoms with van der Waals surface area (Å²) >= 11 is 0. The van der Waals surface area contributed by atoms with E-state index in [0.29, 0.717) is 17.5 Å². The molecule has 1 amide bonds. The number of amidine groups is 1. The quantitative estimate of drug-likeness (QED) is 0.338. The number of para-hydroxylation sites is 1. The lowest BCUT2D eigenvalue weighted by atomic mass is 10.1. The number of carbonyl (C=O) groups is 1. The first-order chi connectivity index (χ1) is 10.2. The third-order valence-corrected chi connectivity index (χ3v) is 3.23. The number of oxime groups is 1. The molecule has 0 saturated heterocycles. The summed E-state index contributed by atoms with van der Waals surface area (Å²) in [5.74, 6) is -0.289. The normalized spacial score (nSPS) is 13.1. The maximum absolute atomic E-state index is 12.4. The van der Waals surface area contributed by atoms with E-state index in [1.807, 2.05) is 25.1 Å². The van der Waals surface area contributed by atoms with Crippen molar-refractivity contribution in [2.45, 2.75) is 25.8 Å². The Labute approximate surface area is 122 Å². The molecule has 2 aromatic rings. The van der Waals surface area contributed by atoms with Gasteiger partial charge < -0.3 is 16.3 Å². The fourth-order valence-electron chi connectivity index (χ4n) is 2.18. The Morgan fingerprint density at radius 3 is 2.90 bits per heavy atom. The molecule has 0 aliphatic carbocycles. The Morgan fingerprint density at radius 2 is 2.19 bits per heavy atom. The SMILES string of the molecule is CCCC(NC(=O)c1cccc2cccnc12)C(N)=NO. The summed E-state index contributed by atoms with van der Waals surface area (Å²) in [6.45, 7) is 1.96. The number of nitrogens with one attached hydrogen (secondary N) is 1. The molecular weight excluding hydrogens is 268 g/mol. The van der Waals surface area contributed by atoms with Crippen molar-refractivity contribution in [2.24, 2.45) is 10.9 Å². The second-order valence-electron chi connectivity index (χ2n) is 4.72. The van der Waals surface area contributed by atoms with E-state index in [4.69, 9.17) is 10.9 Å². The minimum atomic E-state index is -0.494. The Bertz CT molecular complexity index is 664. The first-order valence-electron chi connectivity index (χ1n) is 6.79. The molecule has 1 heterocycles. The van der Waals surface area contributed by atoms with Crippen molar-refractivity contribution in [2.75, 3.05) is 0 Å². The van der Waals surface area contributed by atoms with Gasteiger partial charge in [-0.1, -0.05) is 36.7 Å². The molecule has 0 aliphatic heterocycles. The van der Waals surface area contributed by atoms with Crippen LogP contribution >= 0.6 is 0 Å². The molecule has 0 bridgehead atoms. The molecule has 2 rings (SSSR count). The third kappa shape index (κ3) is 3.28. The van der Waals surface area contributed by atoms with Crippen LogP contribution in [0.4, 0.5) is 0 Å². The second kappa shape index (κ2) is 6.69. The van der Waals surface area contributed by atoms with Crippen molar-refractivity contribution in [3.05, 3.63) is 42.1 Å². The number of aromatic nitrogens is 1. The molecule has 21 heavy (non-hydrogen) atoms. The van der Waals surface area contributed by atoms with Gasteiger partial charge in [0.2, 0.25) is 0 Å². The molecule has 0 fully saturated rings. The van der Waals surface area contributed by atoms with Gasteiger partial charge in [-0.2, -0.15) is 0 Å². The monoisotopic (exact) mass is 286 g/mol. The molecule has 0 aliphatic rings. The predicted molar refractivity (Wildman–Crippen MR) is 81.3 cm³/mol. The van der Waals surface area contributed by atoms with Crippen LogP contribution in [0, 0.1) is 0 Å². The summed E-state index contributed by atoms with van der Waals surface area (Å²) in [4.78, 5) is 16.7. The molecule has 0 spiro atoms. The fourth-order valence-corrected chi connectivity index (χ4v) is 2.18. The summed E-state index contributed by atoms with van der Waals surface area (Å²) in [5.41, 5.74) is 6.72. The number of carbonyl (C=O) groups excluding carboxylic acids is 1. The highest BCUT2D eigenvalue weighted by Gasteiger charge is 2.18. The van der Waals surface area contributed by atoms with Crippen molar-refractivity contribution in [1.82, 2.24) is 10.3 Å². The number of hydrogen-bond donors (Lipinski definition) is 3. The average Bonchev–Trinajstić information content (AvgIpc) is 2.53. The lowest BCUT2D eigenvalue weighted by Crippen LogP contribution is -2.44. The minimum absolute atomic E-state index is 0.00149. The van der Waals surface area contributed by atoms with E-state index in [1.165, 1.54) is 0 Å². The lowest BCUT2D eigenvalue weighted by Gasteiger charge is -2.17. The van der Waals surface area contributed by atoms with E-state index in [9.17, 15) is 4.79 Å². The summed E-state index contributed by atoms with van der Waals surface area (Å²) in [6, 6.07) is 8.63. The molecule has 0 radical (unpaired) electrons. The van der Waals surface area contributed by atoms with Gasteiger partial charge >= 0.3 is 0 Å². The van der Waals surface area contributed by atoms with E-state index in [0.717, 1.165) is 11.8 Å². The van der Waals surface area contributed by atoms with Crippen LogP contribution in [-0.4, -0.2) is 28.0 Å². The van der Waals surface area contributed by atoms with Crippen molar-refractivity contribution in [3.63, 3.8) is 0 Å². The van der Waals surface area contributed by atoms with Crippen LogP contribution in [-0.2, 0) is 0 Å². The van der Waals surface area contributed by atoms with E-state index in [1.54, 1.807) is 18.3 Å². The zero-order valence-corrected chi connectivity index (χ0v) is 11.8. The average molecular weight is 286 g/mol. The smallest absolute Gasteiger partial charge is 0.254 e. The number of nitrogens with two attached hydrogens (primary N) is 1. The summed E-state index contributed by atoms with van der Waals surface area (Å²) < 4.78 is 0. The van der Waals surface area contributed by atoms with E-state index in [-0.39, 0.29) is 11.7 Å². The molecule has 1 atom stereocenters. The zero-order valence-electron chi connectivity index (χ0n) is 11.8. The van der Waals surface area contributed by atoms with Crippen LogP contribution < -0.4 is 11.1 Å². The molecule has 4 N–H and O–H groups in total. The van der Waals surface area contributed by atoms with Gasteiger partial charge in [-0.3, -0.25) is 9.78 Å². The van der Waals surface area contributed by atoms with Gasteiger partial charge in [0, 0.05) is 11.6 Å². The molecule has 1 aromatic carbocycles.